The molecule has 8 heteroatoms. The highest BCUT2D eigenvalue weighted by atomic mass is 32.2. The zero-order valence-electron chi connectivity index (χ0n) is 12.2. The number of hydrogen-bond acceptors (Lipinski definition) is 4. The zero-order valence-corrected chi connectivity index (χ0v) is 13.0. The highest BCUT2D eigenvalue weighted by molar-refractivity contribution is 7.90. The Balaban J connectivity index is 2.41. The molecule has 1 aliphatic rings. The minimum atomic E-state index is -4.67. The molecule has 0 bridgehead atoms. The molecule has 1 aromatic rings. The Kier molecular flexibility index (Phi) is 4.53. The van der Waals surface area contributed by atoms with Gasteiger partial charge < -0.3 is 0 Å². The summed E-state index contributed by atoms with van der Waals surface area (Å²) in [5.74, 6) is -1.50. The molecule has 0 heterocycles. The summed E-state index contributed by atoms with van der Waals surface area (Å²) in [6.45, 7) is 0. The Morgan fingerprint density at radius 1 is 1.39 bits per heavy atom. The van der Waals surface area contributed by atoms with E-state index < -0.39 is 32.4 Å². The number of carbonyl (C=O) groups is 1. The van der Waals surface area contributed by atoms with Gasteiger partial charge in [-0.3, -0.25) is 4.79 Å². The number of sulfone groups is 1. The largest absolute Gasteiger partial charge is 0.416 e. The Morgan fingerprint density at radius 3 is 2.43 bits per heavy atom. The Hall–Kier alpha value is -1.88. The summed E-state index contributed by atoms with van der Waals surface area (Å²) < 4.78 is 61.8. The number of benzene rings is 1. The van der Waals surface area contributed by atoms with Gasteiger partial charge in [-0.1, -0.05) is 6.07 Å². The first-order chi connectivity index (χ1) is 10.5. The van der Waals surface area contributed by atoms with Gasteiger partial charge >= 0.3 is 6.18 Å². The zero-order chi connectivity index (χ0) is 17.4. The topological polar surface area (TPSA) is 75.0 Å². The van der Waals surface area contributed by atoms with Crippen LogP contribution in [0.1, 0.15) is 24.0 Å². The molecule has 0 amide bonds. The van der Waals surface area contributed by atoms with Gasteiger partial charge in [-0.2, -0.15) is 18.4 Å². The van der Waals surface area contributed by atoms with Crippen LogP contribution in [0.4, 0.5) is 13.2 Å². The van der Waals surface area contributed by atoms with Crippen molar-refractivity contribution in [1.29, 1.82) is 5.26 Å². The standard InChI is InChI=1S/C15H14F3NO3S/c1-23(21,22)13-7-12(15(16,17)18)5-4-10(13)6-11(8-19)14(20)9-2-3-9/h4-5,7,9,11H,2-3,6H2,1H3. The summed E-state index contributed by atoms with van der Waals surface area (Å²) in [5, 5.41) is 9.11. The Morgan fingerprint density at radius 2 is 2.00 bits per heavy atom. The van der Waals surface area contributed by atoms with Crippen LogP contribution in [0.25, 0.3) is 0 Å². The van der Waals surface area contributed by atoms with Gasteiger partial charge in [-0.25, -0.2) is 8.42 Å². The molecule has 0 radical (unpaired) electrons. The van der Waals surface area contributed by atoms with Crippen LogP contribution < -0.4 is 0 Å². The number of halogens is 3. The summed E-state index contributed by atoms with van der Waals surface area (Å²) in [6.07, 6.45) is -2.68. The lowest BCUT2D eigenvalue weighted by Gasteiger charge is -2.14. The molecule has 0 aliphatic heterocycles. The Labute approximate surface area is 131 Å². The first-order valence-corrected chi connectivity index (χ1v) is 8.76. The summed E-state index contributed by atoms with van der Waals surface area (Å²) in [6, 6.07) is 4.18. The second-order valence-corrected chi connectivity index (χ2v) is 7.64. The van der Waals surface area contributed by atoms with Crippen molar-refractivity contribution in [2.75, 3.05) is 6.26 Å². The number of alkyl halides is 3. The molecule has 1 aromatic carbocycles. The molecule has 4 nitrogen and oxygen atoms in total. The molecule has 0 aromatic heterocycles. The quantitative estimate of drug-likeness (QED) is 0.822. The number of carbonyl (C=O) groups excluding carboxylic acids is 1. The first kappa shape index (κ1) is 17.5. The lowest BCUT2D eigenvalue weighted by atomic mass is 9.93. The van der Waals surface area contributed by atoms with Gasteiger partial charge in [0.25, 0.3) is 0 Å². The molecule has 1 aliphatic carbocycles. The summed E-state index contributed by atoms with van der Waals surface area (Å²) in [5.41, 5.74) is -1.02. The normalized spacial score (nSPS) is 16.7. The van der Waals surface area contributed by atoms with E-state index in [1.54, 1.807) is 0 Å². The molecule has 1 fully saturated rings. The SMILES string of the molecule is CS(=O)(=O)c1cc(C(F)(F)F)ccc1CC(C#N)C(=O)C1CC1. The van der Waals surface area contributed by atoms with E-state index in [1.807, 2.05) is 6.07 Å². The van der Waals surface area contributed by atoms with Crippen LogP contribution in [0.2, 0.25) is 0 Å². The third kappa shape index (κ3) is 4.10. The number of nitriles is 1. The average Bonchev–Trinajstić information content (AvgIpc) is 3.26. The smallest absolute Gasteiger partial charge is 0.298 e. The minimum Gasteiger partial charge on any atom is -0.298 e. The number of rotatable bonds is 5. The lowest BCUT2D eigenvalue weighted by molar-refractivity contribution is -0.137. The molecule has 1 atom stereocenters. The van der Waals surface area contributed by atoms with Gasteiger partial charge in [0.1, 0.15) is 5.92 Å². The summed E-state index contributed by atoms with van der Waals surface area (Å²) in [7, 11) is -3.92. The second kappa shape index (κ2) is 5.96. The molecular weight excluding hydrogens is 331 g/mol. The second-order valence-electron chi connectivity index (χ2n) is 5.65. The van der Waals surface area contributed by atoms with Crippen molar-refractivity contribution in [3.63, 3.8) is 0 Å². The minimum absolute atomic E-state index is 0.0565. The van der Waals surface area contributed by atoms with E-state index in [1.165, 1.54) is 0 Å². The molecule has 1 saturated carbocycles. The van der Waals surface area contributed by atoms with Crippen molar-refractivity contribution in [1.82, 2.24) is 0 Å². The van der Waals surface area contributed by atoms with Crippen LogP contribution >= 0.6 is 0 Å². The van der Waals surface area contributed by atoms with E-state index in [2.05, 4.69) is 0 Å². The van der Waals surface area contributed by atoms with Crippen LogP contribution in [0, 0.1) is 23.2 Å². The maximum atomic E-state index is 12.8. The van der Waals surface area contributed by atoms with Crippen LogP contribution in [0.3, 0.4) is 0 Å². The van der Waals surface area contributed by atoms with Crippen molar-refractivity contribution in [2.24, 2.45) is 11.8 Å². The van der Waals surface area contributed by atoms with Crippen molar-refractivity contribution in [2.45, 2.75) is 30.3 Å². The predicted octanol–water partition coefficient (Wildman–Crippen LogP) is 2.77. The molecule has 124 valence electrons. The maximum Gasteiger partial charge on any atom is 0.416 e. The monoisotopic (exact) mass is 345 g/mol. The number of nitrogens with zero attached hydrogens (tertiary/aromatic N) is 1. The van der Waals surface area contributed by atoms with Crippen molar-refractivity contribution < 1.29 is 26.4 Å². The predicted molar refractivity (Wildman–Crippen MR) is 75.1 cm³/mol. The molecular formula is C15H14F3NO3S. The van der Waals surface area contributed by atoms with Crippen LogP contribution in [0.15, 0.2) is 23.1 Å². The fourth-order valence-corrected chi connectivity index (χ4v) is 3.30. The third-order valence-corrected chi connectivity index (χ3v) is 4.88. The van der Waals surface area contributed by atoms with Gasteiger partial charge in [0, 0.05) is 12.2 Å². The first-order valence-electron chi connectivity index (χ1n) is 6.87. The Bertz CT molecular complexity index is 774. The number of Topliss-reactive ketones (excluding diaryl/α,β-unsaturated/α-hetero) is 1. The molecule has 2 rings (SSSR count). The maximum absolute atomic E-state index is 12.8. The van der Waals surface area contributed by atoms with Crippen LogP contribution in [-0.2, 0) is 27.2 Å². The van der Waals surface area contributed by atoms with E-state index in [0.717, 1.165) is 18.4 Å². The highest BCUT2D eigenvalue weighted by Crippen LogP contribution is 2.35. The van der Waals surface area contributed by atoms with E-state index >= 15 is 0 Å². The van der Waals surface area contributed by atoms with Gasteiger partial charge in [0.2, 0.25) is 0 Å². The van der Waals surface area contributed by atoms with Crippen molar-refractivity contribution >= 4 is 15.6 Å². The molecule has 23 heavy (non-hydrogen) atoms. The van der Waals surface area contributed by atoms with Gasteiger partial charge in [0.05, 0.1) is 16.5 Å². The molecule has 0 spiro atoms. The average molecular weight is 345 g/mol. The number of ketones is 1. The van der Waals surface area contributed by atoms with E-state index in [-0.39, 0.29) is 23.7 Å². The van der Waals surface area contributed by atoms with E-state index in [9.17, 15) is 26.4 Å². The van der Waals surface area contributed by atoms with Crippen molar-refractivity contribution in [3.05, 3.63) is 29.3 Å². The lowest BCUT2D eigenvalue weighted by Crippen LogP contribution is -2.19. The molecule has 0 N–H and O–H groups in total. The molecule has 1 unspecified atom stereocenters. The highest BCUT2D eigenvalue weighted by Gasteiger charge is 2.36. The fourth-order valence-electron chi connectivity index (χ4n) is 2.33. The van der Waals surface area contributed by atoms with Crippen LogP contribution in [0.5, 0.6) is 0 Å². The van der Waals surface area contributed by atoms with Gasteiger partial charge in [0.15, 0.2) is 15.6 Å². The van der Waals surface area contributed by atoms with Crippen molar-refractivity contribution in [3.8, 4) is 6.07 Å². The van der Waals surface area contributed by atoms with Gasteiger partial charge in [-0.05, 0) is 37.0 Å². The fraction of sp³-hybridized carbons (Fsp3) is 0.467. The summed E-state index contributed by atoms with van der Waals surface area (Å²) in [4.78, 5) is 11.5. The molecule has 0 saturated heterocycles. The number of hydrogen-bond donors (Lipinski definition) is 0. The van der Waals surface area contributed by atoms with Crippen LogP contribution in [-0.4, -0.2) is 20.5 Å². The summed E-state index contributed by atoms with van der Waals surface area (Å²) >= 11 is 0. The van der Waals surface area contributed by atoms with Gasteiger partial charge in [-0.15, -0.1) is 0 Å². The van der Waals surface area contributed by atoms with E-state index in [0.29, 0.717) is 18.9 Å². The third-order valence-electron chi connectivity index (χ3n) is 3.70. The van der Waals surface area contributed by atoms with E-state index in [4.69, 9.17) is 5.26 Å².